The molecule has 1 heterocycles. The lowest BCUT2D eigenvalue weighted by Gasteiger charge is -2.17. The zero-order chi connectivity index (χ0) is 21.6. The molecule has 1 saturated heterocycles. The minimum atomic E-state index is -3.70. The Morgan fingerprint density at radius 1 is 1.07 bits per heavy atom. The van der Waals surface area contributed by atoms with Crippen LogP contribution in [0.3, 0.4) is 0 Å². The first-order valence-electron chi connectivity index (χ1n) is 10.2. The number of carbonyl (C=O) groups excluding carboxylic acids is 1. The van der Waals surface area contributed by atoms with Crippen LogP contribution in [-0.2, 0) is 21.4 Å². The van der Waals surface area contributed by atoms with Crippen LogP contribution in [0.4, 0.5) is 10.1 Å². The van der Waals surface area contributed by atoms with Gasteiger partial charge in [0, 0.05) is 32.2 Å². The molecule has 0 aliphatic carbocycles. The van der Waals surface area contributed by atoms with E-state index in [1.54, 1.807) is 0 Å². The molecule has 2 aromatic carbocycles. The van der Waals surface area contributed by atoms with Crippen molar-refractivity contribution < 1.29 is 17.6 Å². The molecule has 8 heteroatoms. The van der Waals surface area contributed by atoms with Gasteiger partial charge in [0.15, 0.2) is 0 Å². The van der Waals surface area contributed by atoms with E-state index >= 15 is 0 Å². The summed E-state index contributed by atoms with van der Waals surface area (Å²) in [5.74, 6) is -0.646. The summed E-state index contributed by atoms with van der Waals surface area (Å²) in [6.07, 6.45) is 3.11. The summed E-state index contributed by atoms with van der Waals surface area (Å²) in [6.45, 7) is 3.42. The highest BCUT2D eigenvalue weighted by atomic mass is 32.2. The van der Waals surface area contributed by atoms with Gasteiger partial charge in [-0.3, -0.25) is 9.69 Å². The van der Waals surface area contributed by atoms with E-state index in [0.29, 0.717) is 6.42 Å². The van der Waals surface area contributed by atoms with Crippen molar-refractivity contribution in [1.29, 1.82) is 0 Å². The number of amides is 1. The van der Waals surface area contributed by atoms with Gasteiger partial charge >= 0.3 is 0 Å². The molecule has 0 atom stereocenters. The van der Waals surface area contributed by atoms with Crippen molar-refractivity contribution in [3.63, 3.8) is 0 Å². The molecule has 0 unspecified atom stereocenters. The minimum Gasteiger partial charge on any atom is -0.326 e. The van der Waals surface area contributed by atoms with Gasteiger partial charge < -0.3 is 5.32 Å². The van der Waals surface area contributed by atoms with Gasteiger partial charge in [0.2, 0.25) is 15.9 Å². The number of anilines is 1. The van der Waals surface area contributed by atoms with Crippen molar-refractivity contribution in [1.82, 2.24) is 9.21 Å². The zero-order valence-electron chi connectivity index (χ0n) is 17.2. The molecule has 0 bridgehead atoms. The molecule has 0 spiro atoms. The average Bonchev–Trinajstić information content (AvgIpc) is 3.23. The van der Waals surface area contributed by atoms with Crippen LogP contribution in [-0.4, -0.2) is 50.2 Å². The Bertz CT molecular complexity index is 941. The fourth-order valence-electron chi connectivity index (χ4n) is 3.48. The molecular formula is C22H28FN3O3S. The van der Waals surface area contributed by atoms with E-state index in [1.165, 1.54) is 41.9 Å². The summed E-state index contributed by atoms with van der Waals surface area (Å²) in [4.78, 5) is 14.6. The quantitative estimate of drug-likeness (QED) is 0.658. The molecule has 1 N–H and O–H groups in total. The molecule has 6 nitrogen and oxygen atoms in total. The molecule has 3 rings (SSSR count). The Labute approximate surface area is 177 Å². The first-order valence-corrected chi connectivity index (χ1v) is 11.6. The van der Waals surface area contributed by atoms with E-state index in [2.05, 4.69) is 10.2 Å². The third kappa shape index (κ3) is 6.10. The van der Waals surface area contributed by atoms with Crippen LogP contribution < -0.4 is 5.32 Å². The van der Waals surface area contributed by atoms with Crippen LogP contribution in [0, 0.1) is 5.82 Å². The molecule has 1 aliphatic rings. The van der Waals surface area contributed by atoms with Crippen molar-refractivity contribution in [2.24, 2.45) is 0 Å². The number of halogens is 1. The number of nitrogens with one attached hydrogen (secondary N) is 1. The topological polar surface area (TPSA) is 69.7 Å². The Balaban J connectivity index is 1.43. The van der Waals surface area contributed by atoms with Crippen molar-refractivity contribution in [3.05, 3.63) is 59.9 Å². The Kier molecular flexibility index (Phi) is 7.58. The molecule has 0 saturated carbocycles. The number of hydrogen-bond acceptors (Lipinski definition) is 4. The van der Waals surface area contributed by atoms with Crippen LogP contribution in [0.5, 0.6) is 0 Å². The molecule has 1 amide bonds. The van der Waals surface area contributed by atoms with E-state index in [4.69, 9.17) is 0 Å². The SMILES string of the molecule is CN(CCCC(=O)Nc1ccc(CN2CCCC2)cc1)S(=O)(=O)c1ccc(F)cc1. The van der Waals surface area contributed by atoms with E-state index in [9.17, 15) is 17.6 Å². The van der Waals surface area contributed by atoms with Gasteiger partial charge in [-0.1, -0.05) is 12.1 Å². The lowest BCUT2D eigenvalue weighted by atomic mass is 10.2. The van der Waals surface area contributed by atoms with Gasteiger partial charge in [0.05, 0.1) is 4.90 Å². The van der Waals surface area contributed by atoms with Crippen LogP contribution in [0.15, 0.2) is 53.4 Å². The molecule has 0 aromatic heterocycles. The van der Waals surface area contributed by atoms with E-state index in [1.807, 2.05) is 24.3 Å². The fraction of sp³-hybridized carbons (Fsp3) is 0.409. The minimum absolute atomic E-state index is 0.0323. The smallest absolute Gasteiger partial charge is 0.242 e. The maximum Gasteiger partial charge on any atom is 0.242 e. The first-order chi connectivity index (χ1) is 14.3. The van der Waals surface area contributed by atoms with E-state index in [0.717, 1.165) is 37.5 Å². The largest absolute Gasteiger partial charge is 0.326 e. The molecule has 162 valence electrons. The lowest BCUT2D eigenvalue weighted by Crippen LogP contribution is -2.28. The van der Waals surface area contributed by atoms with Crippen molar-refractivity contribution >= 4 is 21.6 Å². The Morgan fingerprint density at radius 3 is 2.33 bits per heavy atom. The maximum absolute atomic E-state index is 13.0. The summed E-state index contributed by atoms with van der Waals surface area (Å²) in [5, 5.41) is 2.85. The number of sulfonamides is 1. The molecule has 0 radical (unpaired) electrons. The first kappa shape index (κ1) is 22.4. The highest BCUT2D eigenvalue weighted by Gasteiger charge is 2.20. The van der Waals surface area contributed by atoms with Gasteiger partial charge in [-0.25, -0.2) is 17.1 Å². The summed E-state index contributed by atoms with van der Waals surface area (Å²) in [7, 11) is -2.24. The Hall–Kier alpha value is -2.29. The third-order valence-corrected chi connectivity index (χ3v) is 7.11. The van der Waals surface area contributed by atoms with Crippen LogP contribution >= 0.6 is 0 Å². The maximum atomic E-state index is 13.0. The van der Waals surface area contributed by atoms with Crippen molar-refractivity contribution in [2.45, 2.75) is 37.1 Å². The molecular weight excluding hydrogens is 405 g/mol. The number of hydrogen-bond donors (Lipinski definition) is 1. The van der Waals surface area contributed by atoms with E-state index in [-0.39, 0.29) is 23.8 Å². The second-order valence-corrected chi connectivity index (χ2v) is 9.66. The average molecular weight is 434 g/mol. The fourth-order valence-corrected chi connectivity index (χ4v) is 4.69. The van der Waals surface area contributed by atoms with Crippen molar-refractivity contribution in [2.75, 3.05) is 32.0 Å². The van der Waals surface area contributed by atoms with Crippen molar-refractivity contribution in [3.8, 4) is 0 Å². The standard InChI is InChI=1S/C22H28FN3O3S/c1-25(30(28,29)21-12-8-19(23)9-13-21)14-4-5-22(27)24-20-10-6-18(7-11-20)17-26-15-2-3-16-26/h6-13H,2-5,14-17H2,1H3,(H,24,27). The van der Waals surface area contributed by atoms with Crippen LogP contribution in [0.25, 0.3) is 0 Å². The summed E-state index contributed by atoms with van der Waals surface area (Å²) in [5.41, 5.74) is 1.96. The second kappa shape index (κ2) is 10.1. The zero-order valence-corrected chi connectivity index (χ0v) is 18.0. The second-order valence-electron chi connectivity index (χ2n) is 7.61. The molecule has 30 heavy (non-hydrogen) atoms. The van der Waals surface area contributed by atoms with Gasteiger partial charge in [-0.2, -0.15) is 0 Å². The van der Waals surface area contributed by atoms with Gasteiger partial charge in [-0.05, 0) is 74.3 Å². The number of carbonyl (C=O) groups is 1. The summed E-state index contributed by atoms with van der Waals surface area (Å²) >= 11 is 0. The normalized spacial score (nSPS) is 14.9. The number of rotatable bonds is 9. The Morgan fingerprint density at radius 2 is 1.70 bits per heavy atom. The van der Waals surface area contributed by atoms with Crippen LogP contribution in [0.2, 0.25) is 0 Å². The summed E-state index contributed by atoms with van der Waals surface area (Å²) < 4.78 is 39.1. The number of likely N-dealkylation sites (tertiary alicyclic amines) is 1. The predicted octanol–water partition coefficient (Wildman–Crippen LogP) is 3.46. The van der Waals surface area contributed by atoms with Gasteiger partial charge in [0.1, 0.15) is 5.82 Å². The third-order valence-electron chi connectivity index (χ3n) is 5.24. The highest BCUT2D eigenvalue weighted by molar-refractivity contribution is 7.89. The number of benzene rings is 2. The monoisotopic (exact) mass is 433 g/mol. The molecule has 1 aliphatic heterocycles. The van der Waals surface area contributed by atoms with Crippen LogP contribution in [0.1, 0.15) is 31.2 Å². The molecule has 1 fully saturated rings. The lowest BCUT2D eigenvalue weighted by molar-refractivity contribution is -0.116. The predicted molar refractivity (Wildman–Crippen MR) is 115 cm³/mol. The molecule has 2 aromatic rings. The van der Waals surface area contributed by atoms with Gasteiger partial charge in [-0.15, -0.1) is 0 Å². The number of nitrogens with zero attached hydrogens (tertiary/aromatic N) is 2. The highest BCUT2D eigenvalue weighted by Crippen LogP contribution is 2.17. The van der Waals surface area contributed by atoms with E-state index < -0.39 is 15.8 Å². The van der Waals surface area contributed by atoms with Gasteiger partial charge in [0.25, 0.3) is 0 Å². The summed E-state index contributed by atoms with van der Waals surface area (Å²) in [6, 6.07) is 12.6.